The van der Waals surface area contributed by atoms with Gasteiger partial charge in [-0.3, -0.25) is 0 Å². The van der Waals surface area contributed by atoms with Crippen LogP contribution in [0.5, 0.6) is 0 Å². The summed E-state index contributed by atoms with van der Waals surface area (Å²) in [5.74, 6) is 1.06. The Bertz CT molecular complexity index is 405. The number of hydrogen-bond donors (Lipinski definition) is 1. The van der Waals surface area contributed by atoms with Crippen LogP contribution in [-0.4, -0.2) is 31.6 Å². The molecule has 2 rings (SSSR count). The molecule has 3 nitrogen and oxygen atoms in total. The molecular weight excluding hydrogens is 260 g/mol. The summed E-state index contributed by atoms with van der Waals surface area (Å²) < 4.78 is 5.43. The summed E-state index contributed by atoms with van der Waals surface area (Å²) in [4.78, 5) is 2.49. The van der Waals surface area contributed by atoms with Crippen molar-refractivity contribution in [2.45, 2.75) is 58.9 Å². The van der Waals surface area contributed by atoms with E-state index in [9.17, 15) is 0 Å². The first kappa shape index (κ1) is 16.6. The zero-order valence-corrected chi connectivity index (χ0v) is 14.1. The van der Waals surface area contributed by atoms with Crippen molar-refractivity contribution in [3.05, 3.63) is 23.7 Å². The monoisotopic (exact) mass is 292 g/mol. The maximum absolute atomic E-state index is 5.43. The van der Waals surface area contributed by atoms with E-state index >= 15 is 0 Å². The van der Waals surface area contributed by atoms with E-state index in [4.69, 9.17) is 4.42 Å². The van der Waals surface area contributed by atoms with Crippen LogP contribution in [0, 0.1) is 12.3 Å². The molecule has 0 atom stereocenters. The molecule has 1 saturated carbocycles. The first-order chi connectivity index (χ1) is 10.2. The predicted molar refractivity (Wildman–Crippen MR) is 88.5 cm³/mol. The van der Waals surface area contributed by atoms with Crippen molar-refractivity contribution in [1.82, 2.24) is 10.2 Å². The van der Waals surface area contributed by atoms with Crippen molar-refractivity contribution in [3.8, 4) is 0 Å². The highest BCUT2D eigenvalue weighted by atomic mass is 16.3. The predicted octanol–water partition coefficient (Wildman–Crippen LogP) is 3.97. The average Bonchev–Trinajstić information content (AvgIpc) is 2.73. The molecule has 21 heavy (non-hydrogen) atoms. The summed E-state index contributed by atoms with van der Waals surface area (Å²) in [6.07, 6.45) is 10.2. The van der Waals surface area contributed by atoms with Gasteiger partial charge in [0.2, 0.25) is 0 Å². The highest BCUT2D eigenvalue weighted by molar-refractivity contribution is 5.15. The zero-order chi connectivity index (χ0) is 15.1. The van der Waals surface area contributed by atoms with Crippen LogP contribution < -0.4 is 5.32 Å². The van der Waals surface area contributed by atoms with Crippen LogP contribution >= 0.6 is 0 Å². The van der Waals surface area contributed by atoms with E-state index in [1.54, 1.807) is 6.26 Å². The summed E-state index contributed by atoms with van der Waals surface area (Å²) >= 11 is 0. The topological polar surface area (TPSA) is 28.4 Å². The standard InChI is InChI=1S/C18H32N2O/c1-4-19-14-18(10-7-5-6-8-11-18)15-20(3)13-17-9-12-21-16(17)2/h9,12,19H,4-8,10-11,13-15H2,1-3H3. The summed E-state index contributed by atoms with van der Waals surface area (Å²) in [5.41, 5.74) is 1.78. The second-order valence-corrected chi connectivity index (χ2v) is 6.87. The molecule has 0 amide bonds. The largest absolute Gasteiger partial charge is 0.469 e. The molecule has 1 aromatic rings. The van der Waals surface area contributed by atoms with Crippen molar-refractivity contribution in [2.75, 3.05) is 26.7 Å². The fourth-order valence-corrected chi connectivity index (χ4v) is 3.75. The van der Waals surface area contributed by atoms with Crippen LogP contribution in [0.3, 0.4) is 0 Å². The Morgan fingerprint density at radius 1 is 1.24 bits per heavy atom. The maximum atomic E-state index is 5.43. The van der Waals surface area contributed by atoms with Crippen molar-refractivity contribution in [1.29, 1.82) is 0 Å². The summed E-state index contributed by atoms with van der Waals surface area (Å²) in [7, 11) is 2.25. The molecule has 3 heteroatoms. The van der Waals surface area contributed by atoms with E-state index in [0.717, 1.165) is 25.4 Å². The van der Waals surface area contributed by atoms with E-state index < -0.39 is 0 Å². The van der Waals surface area contributed by atoms with Crippen molar-refractivity contribution >= 4 is 0 Å². The Kier molecular flexibility index (Phi) is 6.31. The molecule has 0 spiro atoms. The lowest BCUT2D eigenvalue weighted by molar-refractivity contribution is 0.142. The van der Waals surface area contributed by atoms with Gasteiger partial charge in [0.05, 0.1) is 6.26 Å². The lowest BCUT2D eigenvalue weighted by Crippen LogP contribution is -2.42. The number of hydrogen-bond acceptors (Lipinski definition) is 3. The van der Waals surface area contributed by atoms with E-state index in [1.807, 2.05) is 0 Å². The smallest absolute Gasteiger partial charge is 0.105 e. The summed E-state index contributed by atoms with van der Waals surface area (Å²) in [5, 5.41) is 3.62. The third-order valence-electron chi connectivity index (χ3n) is 4.93. The molecule has 0 aliphatic heterocycles. The van der Waals surface area contributed by atoms with Crippen LogP contribution in [0.1, 0.15) is 56.8 Å². The Hall–Kier alpha value is -0.800. The average molecular weight is 292 g/mol. The minimum absolute atomic E-state index is 0.457. The van der Waals surface area contributed by atoms with Gasteiger partial charge in [-0.25, -0.2) is 0 Å². The molecular formula is C18H32N2O. The van der Waals surface area contributed by atoms with Crippen molar-refractivity contribution in [2.24, 2.45) is 5.41 Å². The molecule has 120 valence electrons. The van der Waals surface area contributed by atoms with Gasteiger partial charge in [0.25, 0.3) is 0 Å². The second kappa shape index (κ2) is 8.00. The fraction of sp³-hybridized carbons (Fsp3) is 0.778. The summed E-state index contributed by atoms with van der Waals surface area (Å²) in [6, 6.07) is 2.11. The first-order valence-electron chi connectivity index (χ1n) is 8.57. The highest BCUT2D eigenvalue weighted by Crippen LogP contribution is 2.35. The SMILES string of the molecule is CCNCC1(CN(C)Cc2ccoc2C)CCCCCC1. The Balaban J connectivity index is 1.97. The maximum Gasteiger partial charge on any atom is 0.105 e. The molecule has 1 aliphatic rings. The van der Waals surface area contributed by atoms with Gasteiger partial charge in [-0.15, -0.1) is 0 Å². The second-order valence-electron chi connectivity index (χ2n) is 6.87. The molecule has 0 aromatic carbocycles. The van der Waals surface area contributed by atoms with Crippen LogP contribution in [0.25, 0.3) is 0 Å². The third kappa shape index (κ3) is 4.86. The number of nitrogens with one attached hydrogen (secondary N) is 1. The minimum Gasteiger partial charge on any atom is -0.469 e. The fourth-order valence-electron chi connectivity index (χ4n) is 3.75. The zero-order valence-electron chi connectivity index (χ0n) is 14.1. The van der Waals surface area contributed by atoms with E-state index in [-0.39, 0.29) is 0 Å². The lowest BCUT2D eigenvalue weighted by atomic mass is 9.79. The van der Waals surface area contributed by atoms with E-state index in [0.29, 0.717) is 5.41 Å². The van der Waals surface area contributed by atoms with Gasteiger partial charge in [0, 0.05) is 25.2 Å². The molecule has 0 saturated heterocycles. The highest BCUT2D eigenvalue weighted by Gasteiger charge is 2.31. The summed E-state index contributed by atoms with van der Waals surface area (Å²) in [6.45, 7) is 8.69. The molecule has 1 fully saturated rings. The van der Waals surface area contributed by atoms with Gasteiger partial charge in [-0.1, -0.05) is 32.6 Å². The molecule has 1 heterocycles. The minimum atomic E-state index is 0.457. The van der Waals surface area contributed by atoms with Gasteiger partial charge >= 0.3 is 0 Å². The molecule has 1 aliphatic carbocycles. The number of furan rings is 1. The van der Waals surface area contributed by atoms with Gasteiger partial charge < -0.3 is 14.6 Å². The van der Waals surface area contributed by atoms with Crippen LogP contribution in [0.4, 0.5) is 0 Å². The molecule has 0 bridgehead atoms. The van der Waals surface area contributed by atoms with Gasteiger partial charge in [0.1, 0.15) is 5.76 Å². The van der Waals surface area contributed by atoms with Crippen molar-refractivity contribution in [3.63, 3.8) is 0 Å². The molecule has 1 N–H and O–H groups in total. The lowest BCUT2D eigenvalue weighted by Gasteiger charge is -2.37. The quantitative estimate of drug-likeness (QED) is 0.771. The Labute approximate surface area is 130 Å². The van der Waals surface area contributed by atoms with E-state index in [1.165, 1.54) is 50.6 Å². The normalized spacial score (nSPS) is 18.9. The molecule has 1 aromatic heterocycles. The third-order valence-corrected chi connectivity index (χ3v) is 4.93. The van der Waals surface area contributed by atoms with Gasteiger partial charge in [-0.2, -0.15) is 0 Å². The van der Waals surface area contributed by atoms with Crippen molar-refractivity contribution < 1.29 is 4.42 Å². The first-order valence-corrected chi connectivity index (χ1v) is 8.57. The van der Waals surface area contributed by atoms with E-state index in [2.05, 4.69) is 37.2 Å². The number of rotatable bonds is 7. The Morgan fingerprint density at radius 3 is 2.52 bits per heavy atom. The number of aryl methyl sites for hydroxylation is 1. The van der Waals surface area contributed by atoms with Crippen LogP contribution in [0.2, 0.25) is 0 Å². The van der Waals surface area contributed by atoms with Crippen LogP contribution in [-0.2, 0) is 6.54 Å². The Morgan fingerprint density at radius 2 is 1.95 bits per heavy atom. The number of nitrogens with zero attached hydrogens (tertiary/aromatic N) is 1. The van der Waals surface area contributed by atoms with Gasteiger partial charge in [-0.05, 0) is 44.8 Å². The van der Waals surface area contributed by atoms with Crippen LogP contribution in [0.15, 0.2) is 16.7 Å². The van der Waals surface area contributed by atoms with Gasteiger partial charge in [0.15, 0.2) is 0 Å². The molecule has 0 unspecified atom stereocenters. The molecule has 0 radical (unpaired) electrons.